The number of amides is 6. The number of pyridine rings is 2. The van der Waals surface area contributed by atoms with Crippen LogP contribution < -0.4 is 19.7 Å². The first-order valence-corrected chi connectivity index (χ1v) is 23.8. The van der Waals surface area contributed by atoms with Crippen molar-refractivity contribution in [3.05, 3.63) is 108 Å². The van der Waals surface area contributed by atoms with Gasteiger partial charge in [-0.2, -0.15) is 0 Å². The van der Waals surface area contributed by atoms with Crippen LogP contribution in [0.2, 0.25) is 0 Å². The first kappa shape index (κ1) is 56.4. The first-order chi connectivity index (χ1) is 33.7. The van der Waals surface area contributed by atoms with Crippen molar-refractivity contribution in [1.82, 2.24) is 29.6 Å². The van der Waals surface area contributed by atoms with Crippen molar-refractivity contribution >= 4 is 63.5 Å². The van der Waals surface area contributed by atoms with Gasteiger partial charge in [-0.3, -0.25) is 14.9 Å². The van der Waals surface area contributed by atoms with Gasteiger partial charge in [0, 0.05) is 93.6 Å². The molecule has 1 N–H and O–H groups in total. The van der Waals surface area contributed by atoms with Crippen LogP contribution in [0.4, 0.5) is 30.6 Å². The van der Waals surface area contributed by atoms with E-state index in [9.17, 15) is 28.8 Å². The summed E-state index contributed by atoms with van der Waals surface area (Å²) in [4.78, 5) is 89.6. The zero-order chi connectivity index (χ0) is 52.3. The molecule has 20 nitrogen and oxygen atoms in total. The Kier molecular flexibility index (Phi) is 21.2. The highest BCUT2D eigenvalue weighted by molar-refractivity contribution is 9.08. The topological polar surface area (TPSA) is 212 Å². The average Bonchev–Trinajstić information content (AvgIpc) is 3.37. The van der Waals surface area contributed by atoms with Crippen molar-refractivity contribution in [2.24, 2.45) is 0 Å². The number of hydrogen-bond donors (Lipinski definition) is 1. The lowest BCUT2D eigenvalue weighted by Gasteiger charge is -2.38. The molecule has 384 valence electrons. The third kappa shape index (κ3) is 18.3. The van der Waals surface area contributed by atoms with E-state index in [1.165, 1.54) is 26.6 Å². The van der Waals surface area contributed by atoms with Gasteiger partial charge in [-0.1, -0.05) is 28.1 Å². The number of ether oxygens (including phenoxy) is 6. The van der Waals surface area contributed by atoms with Crippen LogP contribution >= 0.6 is 15.9 Å². The standard InChI is InChI=1S/C25H32N4O6.C17H25N3O4.C8H8BrNO2/c1-25(2,3)35-24(32)28-13-11-27(12-14-28)23(31)29(20-7-6-8-21(15-20)33-4)17-19-10-9-18(16-26-19)22(30)34-5;1-17(2,3)24-16(22)20-10-8-19(9-11-20)15(21)18-13-6-5-7-14(12-13)23-4;1-12-8(11)6-2-3-7(4-9)10-5-6/h6-10,15-16H,11-14,17H2,1-5H3;5-7,12H,8-11H2,1-4H3,(H,18,21);2-3,5H,4H2,1H3. The lowest BCUT2D eigenvalue weighted by Crippen LogP contribution is -2.54. The van der Waals surface area contributed by atoms with Gasteiger partial charge in [0.2, 0.25) is 0 Å². The number of urea groups is 2. The Balaban J connectivity index is 0.000000261. The zero-order valence-corrected chi connectivity index (χ0v) is 43.6. The molecule has 0 aliphatic carbocycles. The summed E-state index contributed by atoms with van der Waals surface area (Å²) < 4.78 is 30.5. The van der Waals surface area contributed by atoms with E-state index < -0.39 is 17.2 Å². The maximum Gasteiger partial charge on any atom is 0.410 e. The van der Waals surface area contributed by atoms with Crippen LogP contribution in [0.3, 0.4) is 0 Å². The second kappa shape index (κ2) is 26.7. The molecule has 0 spiro atoms. The Labute approximate surface area is 423 Å². The molecule has 2 aromatic carbocycles. The van der Waals surface area contributed by atoms with E-state index in [1.807, 2.05) is 65.8 Å². The fourth-order valence-electron chi connectivity index (χ4n) is 6.61. The Morgan fingerprint density at radius 2 is 1.04 bits per heavy atom. The van der Waals surface area contributed by atoms with Gasteiger partial charge < -0.3 is 53.3 Å². The van der Waals surface area contributed by atoms with Gasteiger partial charge in [0.05, 0.1) is 57.5 Å². The Morgan fingerprint density at radius 1 is 0.592 bits per heavy atom. The van der Waals surface area contributed by atoms with Crippen molar-refractivity contribution < 1.29 is 57.2 Å². The molecule has 21 heteroatoms. The summed E-state index contributed by atoms with van der Waals surface area (Å²) in [7, 11) is 5.80. The maximum absolute atomic E-state index is 13.6. The number of carbonyl (C=O) groups is 6. The number of alkyl halides is 1. The van der Waals surface area contributed by atoms with Crippen molar-refractivity contribution in [2.45, 2.75) is 64.6 Å². The summed E-state index contributed by atoms with van der Waals surface area (Å²) in [5, 5.41) is 3.53. The Bertz CT molecular complexity index is 2400. The number of rotatable bonds is 9. The molecule has 6 rings (SSSR count). The van der Waals surface area contributed by atoms with Gasteiger partial charge in [0.25, 0.3) is 0 Å². The summed E-state index contributed by atoms with van der Waals surface area (Å²) in [6, 6.07) is 20.8. The van der Waals surface area contributed by atoms with E-state index in [2.05, 4.69) is 36.0 Å². The third-order valence-electron chi connectivity index (χ3n) is 10.3. The van der Waals surface area contributed by atoms with E-state index in [4.69, 9.17) is 23.7 Å². The second-order valence-corrected chi connectivity index (χ2v) is 18.4. The number of anilines is 2. The molecule has 2 saturated heterocycles. The summed E-state index contributed by atoms with van der Waals surface area (Å²) >= 11 is 3.26. The predicted octanol–water partition coefficient (Wildman–Crippen LogP) is 8.10. The fraction of sp³-hybridized carbons (Fsp3) is 0.440. The SMILES string of the molecule is COC(=O)c1ccc(CBr)nc1.COC(=O)c1ccc(CN(C(=O)N2CCN(C(=O)OC(C)(C)C)CC2)c2cccc(OC)c2)nc1.COc1cccc(NC(=O)N2CCN(C(=O)OC(C)(C)C)CC2)c1. The lowest BCUT2D eigenvalue weighted by molar-refractivity contribution is 0.0165. The van der Waals surface area contributed by atoms with Crippen LogP contribution in [0.1, 0.15) is 73.6 Å². The number of nitrogens with zero attached hydrogens (tertiary/aromatic N) is 7. The number of aromatic nitrogens is 2. The average molecular weight is 1050 g/mol. The van der Waals surface area contributed by atoms with Crippen LogP contribution in [-0.4, -0.2) is 158 Å². The quantitative estimate of drug-likeness (QED) is 0.0954. The smallest absolute Gasteiger partial charge is 0.410 e. The highest BCUT2D eigenvalue weighted by Crippen LogP contribution is 2.25. The molecule has 0 unspecified atom stereocenters. The van der Waals surface area contributed by atoms with Crippen molar-refractivity contribution in [3.63, 3.8) is 0 Å². The second-order valence-electron chi connectivity index (χ2n) is 17.8. The van der Waals surface area contributed by atoms with Gasteiger partial charge in [0.15, 0.2) is 0 Å². The molecule has 2 aromatic heterocycles. The molecular formula is C50H65BrN8O12. The minimum atomic E-state index is -0.580. The van der Waals surface area contributed by atoms with Crippen molar-refractivity contribution in [1.29, 1.82) is 0 Å². The van der Waals surface area contributed by atoms with Gasteiger partial charge in [-0.15, -0.1) is 0 Å². The minimum absolute atomic E-state index is 0.180. The van der Waals surface area contributed by atoms with Crippen LogP contribution in [0.5, 0.6) is 11.5 Å². The lowest BCUT2D eigenvalue weighted by atomic mass is 10.2. The summed E-state index contributed by atoms with van der Waals surface area (Å²) in [6.45, 7) is 14.5. The Morgan fingerprint density at radius 3 is 1.48 bits per heavy atom. The molecule has 0 atom stereocenters. The normalized spacial score (nSPS) is 13.5. The number of esters is 2. The maximum atomic E-state index is 13.6. The fourth-order valence-corrected chi connectivity index (χ4v) is 6.94. The first-order valence-electron chi connectivity index (χ1n) is 22.7. The molecule has 0 saturated carbocycles. The number of nitrogens with one attached hydrogen (secondary N) is 1. The molecule has 2 fully saturated rings. The van der Waals surface area contributed by atoms with Crippen LogP contribution in [-0.2, 0) is 30.8 Å². The molecule has 71 heavy (non-hydrogen) atoms. The van der Waals surface area contributed by atoms with Gasteiger partial charge in [-0.05, 0) is 90.1 Å². The molecule has 2 aliphatic heterocycles. The summed E-state index contributed by atoms with van der Waals surface area (Å²) in [6.07, 6.45) is 2.21. The van der Waals surface area contributed by atoms with Crippen molar-refractivity contribution in [3.8, 4) is 11.5 Å². The number of halogens is 1. The minimum Gasteiger partial charge on any atom is -0.497 e. The van der Waals surface area contributed by atoms with Gasteiger partial charge >= 0.3 is 36.2 Å². The molecule has 4 aromatic rings. The van der Waals surface area contributed by atoms with Crippen LogP contribution in [0.15, 0.2) is 85.2 Å². The summed E-state index contributed by atoms with van der Waals surface area (Å²) in [5.74, 6) is 0.461. The number of hydrogen-bond acceptors (Lipinski definition) is 14. The van der Waals surface area contributed by atoms with Gasteiger partial charge in [0.1, 0.15) is 22.7 Å². The molecule has 2 aliphatic rings. The van der Waals surface area contributed by atoms with E-state index in [-0.39, 0.29) is 36.8 Å². The number of benzene rings is 2. The highest BCUT2D eigenvalue weighted by atomic mass is 79.9. The van der Waals surface area contributed by atoms with Gasteiger partial charge in [-0.25, -0.2) is 28.8 Å². The largest absolute Gasteiger partial charge is 0.497 e. The zero-order valence-electron chi connectivity index (χ0n) is 42.1. The number of piperazine rings is 2. The third-order valence-corrected chi connectivity index (χ3v) is 10.9. The molecule has 0 radical (unpaired) electrons. The number of methoxy groups -OCH3 is 4. The van der Waals surface area contributed by atoms with E-state index in [0.29, 0.717) is 97.4 Å². The molecule has 0 bridgehead atoms. The van der Waals surface area contributed by atoms with Crippen LogP contribution in [0.25, 0.3) is 0 Å². The van der Waals surface area contributed by atoms with E-state index in [1.54, 1.807) is 87.3 Å². The predicted molar refractivity (Wildman–Crippen MR) is 269 cm³/mol. The highest BCUT2D eigenvalue weighted by Gasteiger charge is 2.31. The monoisotopic (exact) mass is 1050 g/mol. The number of carbonyl (C=O) groups excluding carboxylic acids is 6. The molecule has 6 amide bonds. The summed E-state index contributed by atoms with van der Waals surface area (Å²) in [5.41, 5.74) is 2.51. The van der Waals surface area contributed by atoms with E-state index >= 15 is 0 Å². The van der Waals surface area contributed by atoms with E-state index in [0.717, 1.165) is 5.69 Å². The Hall–Kier alpha value is -7.16. The molecule has 4 heterocycles. The van der Waals surface area contributed by atoms with Crippen molar-refractivity contribution in [2.75, 3.05) is 91.0 Å². The van der Waals surface area contributed by atoms with Crippen LogP contribution in [0, 0.1) is 0 Å². The molecular weight excluding hydrogens is 984 g/mol.